The van der Waals surface area contributed by atoms with Crippen LogP contribution in [-0.2, 0) is 0 Å². The zero-order valence-electron chi connectivity index (χ0n) is 8.47. The number of hydrogen-bond donors (Lipinski definition) is 2. The molecule has 13 heavy (non-hydrogen) atoms. The predicted octanol–water partition coefficient (Wildman–Crippen LogP) is 0.400. The number of carbonyl (C=O) groups excluding carboxylic acids is 1. The normalized spacial score (nSPS) is 22.5. The summed E-state index contributed by atoms with van der Waals surface area (Å²) in [5, 5.41) is 6.26. The Morgan fingerprint density at radius 1 is 1.69 bits per heavy atom. The monoisotopic (exact) mass is 185 g/mol. The van der Waals surface area contributed by atoms with Crippen LogP contribution in [0.3, 0.4) is 0 Å². The first-order valence-electron chi connectivity index (χ1n) is 4.96. The smallest absolute Gasteiger partial charge is 0.317 e. The molecule has 1 atom stereocenters. The molecule has 0 bridgehead atoms. The molecule has 2 N–H and O–H groups in total. The number of nitrogens with one attached hydrogen (secondary N) is 2. The molecule has 0 aromatic rings. The van der Waals surface area contributed by atoms with Gasteiger partial charge in [-0.25, -0.2) is 4.79 Å². The van der Waals surface area contributed by atoms with Crippen LogP contribution in [0.15, 0.2) is 0 Å². The maximum atomic E-state index is 11.4. The first-order chi connectivity index (χ1) is 6.24. The summed E-state index contributed by atoms with van der Waals surface area (Å²) in [7, 11) is 1.81. The zero-order valence-corrected chi connectivity index (χ0v) is 8.47. The van der Waals surface area contributed by atoms with Gasteiger partial charge in [0.1, 0.15) is 0 Å². The molecule has 1 fully saturated rings. The van der Waals surface area contributed by atoms with Gasteiger partial charge in [-0.15, -0.1) is 0 Å². The third-order valence-electron chi connectivity index (χ3n) is 2.45. The minimum absolute atomic E-state index is 0.0381. The second-order valence-electron chi connectivity index (χ2n) is 3.51. The van der Waals surface area contributed by atoms with Crippen molar-refractivity contribution in [1.29, 1.82) is 0 Å². The highest BCUT2D eigenvalue weighted by atomic mass is 16.2. The largest absolute Gasteiger partial charge is 0.334 e. The van der Waals surface area contributed by atoms with Gasteiger partial charge in [0, 0.05) is 26.2 Å². The second-order valence-corrected chi connectivity index (χ2v) is 3.51. The highest BCUT2D eigenvalue weighted by molar-refractivity contribution is 5.74. The number of nitrogens with zero attached hydrogens (tertiary/aromatic N) is 1. The molecular formula is C9H19N3O. The van der Waals surface area contributed by atoms with Crippen molar-refractivity contribution in [3.63, 3.8) is 0 Å². The molecule has 76 valence electrons. The van der Waals surface area contributed by atoms with Crippen LogP contribution in [0.4, 0.5) is 4.79 Å². The predicted molar refractivity (Wildman–Crippen MR) is 52.7 cm³/mol. The Balaban J connectivity index is 2.26. The van der Waals surface area contributed by atoms with Crippen molar-refractivity contribution in [3.05, 3.63) is 0 Å². The summed E-state index contributed by atoms with van der Waals surface area (Å²) in [4.78, 5) is 13.1. The highest BCUT2D eigenvalue weighted by Gasteiger charge is 2.16. The quantitative estimate of drug-likeness (QED) is 0.654. The SMILES string of the molecule is CCN(C)C(=O)NC1CCCNC1. The molecule has 0 aromatic heterocycles. The molecule has 1 aliphatic rings. The van der Waals surface area contributed by atoms with Crippen molar-refractivity contribution >= 4 is 6.03 Å². The lowest BCUT2D eigenvalue weighted by molar-refractivity contribution is 0.204. The van der Waals surface area contributed by atoms with E-state index in [0.717, 1.165) is 32.5 Å². The van der Waals surface area contributed by atoms with Gasteiger partial charge in [-0.1, -0.05) is 0 Å². The average molecular weight is 185 g/mol. The van der Waals surface area contributed by atoms with Crippen LogP contribution in [0.25, 0.3) is 0 Å². The molecule has 2 amide bonds. The van der Waals surface area contributed by atoms with Crippen LogP contribution < -0.4 is 10.6 Å². The molecule has 4 heteroatoms. The van der Waals surface area contributed by atoms with Crippen LogP contribution in [0.5, 0.6) is 0 Å². The van der Waals surface area contributed by atoms with E-state index in [9.17, 15) is 4.79 Å². The molecule has 1 unspecified atom stereocenters. The van der Waals surface area contributed by atoms with E-state index < -0.39 is 0 Å². The number of hydrogen-bond acceptors (Lipinski definition) is 2. The fourth-order valence-electron chi connectivity index (χ4n) is 1.40. The van der Waals surface area contributed by atoms with Gasteiger partial charge in [0.15, 0.2) is 0 Å². The molecule has 0 spiro atoms. The van der Waals surface area contributed by atoms with Crippen LogP contribution >= 0.6 is 0 Å². The van der Waals surface area contributed by atoms with E-state index in [0.29, 0.717) is 6.04 Å². The molecule has 1 rings (SSSR count). The third-order valence-corrected chi connectivity index (χ3v) is 2.45. The lowest BCUT2D eigenvalue weighted by atomic mass is 10.1. The van der Waals surface area contributed by atoms with Gasteiger partial charge in [-0.05, 0) is 26.3 Å². The van der Waals surface area contributed by atoms with Crippen molar-refractivity contribution in [2.24, 2.45) is 0 Å². The number of carbonyl (C=O) groups is 1. The molecular weight excluding hydrogens is 166 g/mol. The van der Waals surface area contributed by atoms with E-state index in [2.05, 4.69) is 10.6 Å². The highest BCUT2D eigenvalue weighted by Crippen LogP contribution is 2.01. The number of rotatable bonds is 2. The van der Waals surface area contributed by atoms with Gasteiger partial charge in [-0.3, -0.25) is 0 Å². The molecule has 1 saturated heterocycles. The Bertz CT molecular complexity index is 166. The summed E-state index contributed by atoms with van der Waals surface area (Å²) in [6.07, 6.45) is 2.25. The second kappa shape index (κ2) is 5.07. The third kappa shape index (κ3) is 3.22. The van der Waals surface area contributed by atoms with Crippen molar-refractivity contribution in [2.45, 2.75) is 25.8 Å². The standard InChI is InChI=1S/C9H19N3O/c1-3-12(2)9(13)11-8-5-4-6-10-7-8/h8,10H,3-7H2,1-2H3,(H,11,13). The Kier molecular flexibility index (Phi) is 4.02. The lowest BCUT2D eigenvalue weighted by Gasteiger charge is -2.26. The number of piperidine rings is 1. The fourth-order valence-corrected chi connectivity index (χ4v) is 1.40. The van der Waals surface area contributed by atoms with Gasteiger partial charge in [0.05, 0.1) is 0 Å². The first kappa shape index (κ1) is 10.3. The maximum Gasteiger partial charge on any atom is 0.317 e. The molecule has 1 aliphatic heterocycles. The van der Waals surface area contributed by atoms with Crippen LogP contribution in [0, 0.1) is 0 Å². The summed E-state index contributed by atoms with van der Waals surface area (Å²) in [6, 6.07) is 0.353. The molecule has 0 saturated carbocycles. The van der Waals surface area contributed by atoms with E-state index in [-0.39, 0.29) is 6.03 Å². The van der Waals surface area contributed by atoms with E-state index in [1.807, 2.05) is 14.0 Å². The Morgan fingerprint density at radius 3 is 3.00 bits per heavy atom. The molecule has 0 aromatic carbocycles. The fraction of sp³-hybridized carbons (Fsp3) is 0.889. The molecule has 1 heterocycles. The first-order valence-corrected chi connectivity index (χ1v) is 4.96. The Hall–Kier alpha value is -0.770. The van der Waals surface area contributed by atoms with Gasteiger partial charge >= 0.3 is 6.03 Å². The summed E-state index contributed by atoms with van der Waals surface area (Å²) < 4.78 is 0. The summed E-state index contributed by atoms with van der Waals surface area (Å²) in [6.45, 7) is 4.71. The van der Waals surface area contributed by atoms with Gasteiger partial charge in [0.25, 0.3) is 0 Å². The van der Waals surface area contributed by atoms with Crippen LogP contribution in [0.2, 0.25) is 0 Å². The van der Waals surface area contributed by atoms with Gasteiger partial charge in [0.2, 0.25) is 0 Å². The van der Waals surface area contributed by atoms with E-state index in [1.54, 1.807) is 4.90 Å². The number of amides is 2. The van der Waals surface area contributed by atoms with E-state index in [1.165, 1.54) is 0 Å². The lowest BCUT2D eigenvalue weighted by Crippen LogP contribution is -2.49. The molecule has 4 nitrogen and oxygen atoms in total. The minimum atomic E-state index is 0.0381. The molecule has 0 aliphatic carbocycles. The van der Waals surface area contributed by atoms with Gasteiger partial charge < -0.3 is 15.5 Å². The van der Waals surface area contributed by atoms with Crippen molar-refractivity contribution in [1.82, 2.24) is 15.5 Å². The van der Waals surface area contributed by atoms with E-state index in [4.69, 9.17) is 0 Å². The summed E-state index contributed by atoms with van der Waals surface area (Å²) in [5.74, 6) is 0. The summed E-state index contributed by atoms with van der Waals surface area (Å²) in [5.41, 5.74) is 0. The van der Waals surface area contributed by atoms with Crippen molar-refractivity contribution in [3.8, 4) is 0 Å². The zero-order chi connectivity index (χ0) is 9.68. The Labute approximate surface area is 79.7 Å². The summed E-state index contributed by atoms with van der Waals surface area (Å²) >= 11 is 0. The topological polar surface area (TPSA) is 44.4 Å². The maximum absolute atomic E-state index is 11.4. The average Bonchev–Trinajstić information content (AvgIpc) is 2.18. The van der Waals surface area contributed by atoms with Crippen molar-refractivity contribution < 1.29 is 4.79 Å². The van der Waals surface area contributed by atoms with Crippen LogP contribution in [0.1, 0.15) is 19.8 Å². The van der Waals surface area contributed by atoms with Crippen LogP contribution in [-0.4, -0.2) is 43.7 Å². The molecule has 0 radical (unpaired) electrons. The van der Waals surface area contributed by atoms with Gasteiger partial charge in [-0.2, -0.15) is 0 Å². The van der Waals surface area contributed by atoms with E-state index >= 15 is 0 Å². The minimum Gasteiger partial charge on any atom is -0.334 e. The van der Waals surface area contributed by atoms with Crippen molar-refractivity contribution in [2.75, 3.05) is 26.7 Å². The number of urea groups is 1. The Morgan fingerprint density at radius 2 is 2.46 bits per heavy atom.